The van der Waals surface area contributed by atoms with E-state index in [1.54, 1.807) is 30.3 Å². The summed E-state index contributed by atoms with van der Waals surface area (Å²) >= 11 is 6.02. The molecule has 2 aromatic heterocycles. The topological polar surface area (TPSA) is 99.4 Å². The maximum absolute atomic E-state index is 13.6. The van der Waals surface area contributed by atoms with Gasteiger partial charge in [-0.2, -0.15) is 0 Å². The van der Waals surface area contributed by atoms with Crippen LogP contribution in [0.3, 0.4) is 0 Å². The number of halogens is 2. The molecule has 154 valence electrons. The Morgan fingerprint density at radius 2 is 2.00 bits per heavy atom. The van der Waals surface area contributed by atoms with Gasteiger partial charge in [0.15, 0.2) is 0 Å². The molecule has 2 aromatic carbocycles. The highest BCUT2D eigenvalue weighted by Crippen LogP contribution is 2.42. The number of aliphatic hydroxyl groups excluding tert-OH is 1. The molecule has 0 spiro atoms. The van der Waals surface area contributed by atoms with E-state index in [0.29, 0.717) is 16.1 Å². The van der Waals surface area contributed by atoms with Gasteiger partial charge in [0.2, 0.25) is 5.95 Å². The molecule has 0 saturated carbocycles. The Kier molecular flexibility index (Phi) is 4.37. The third-order valence-corrected chi connectivity index (χ3v) is 5.25. The first-order valence-corrected chi connectivity index (χ1v) is 9.57. The lowest BCUT2D eigenvalue weighted by atomic mass is 9.99. The number of fused-ring (bicyclic) bond motifs is 1. The lowest BCUT2D eigenvalue weighted by molar-refractivity contribution is -0.132. The normalized spacial score (nSPS) is 18.3. The van der Waals surface area contributed by atoms with Gasteiger partial charge in [0.05, 0.1) is 22.9 Å². The molecule has 0 aliphatic carbocycles. The molecule has 5 rings (SSSR count). The largest absolute Gasteiger partial charge is 0.507 e. The van der Waals surface area contributed by atoms with Gasteiger partial charge in [-0.25, -0.2) is 9.37 Å². The number of carbonyl (C=O) groups is 2. The second-order valence-electron chi connectivity index (χ2n) is 6.92. The van der Waals surface area contributed by atoms with Crippen LogP contribution < -0.4 is 4.90 Å². The van der Waals surface area contributed by atoms with Crippen molar-refractivity contribution in [1.29, 1.82) is 0 Å². The summed E-state index contributed by atoms with van der Waals surface area (Å²) in [5.41, 5.74) is 0.860. The molecule has 1 aliphatic rings. The molecular formula is C22H13ClFN3O4. The zero-order valence-electron chi connectivity index (χ0n) is 15.7. The Bertz CT molecular complexity index is 1380. The zero-order chi connectivity index (χ0) is 21.7. The SMILES string of the molecule is O=C1C(=O)N(c2nc3ccc(F)cc3[nH]2)C(c2ccco2)/C1=C(\O)c1cccc(Cl)c1. The molecule has 0 radical (unpaired) electrons. The Labute approximate surface area is 179 Å². The fraction of sp³-hybridized carbons (Fsp3) is 0.0455. The standard InChI is InChI=1S/C22H13ClFN3O4/c23-12-4-1-3-11(9-12)19(28)17-18(16-5-2-8-31-16)27(21(30)20(17)29)22-25-14-7-6-13(24)10-15(14)26-22/h1-10,18,28H,(H,25,26)/b19-17+. The van der Waals surface area contributed by atoms with Crippen LogP contribution in [0.5, 0.6) is 0 Å². The van der Waals surface area contributed by atoms with E-state index < -0.39 is 29.3 Å². The minimum absolute atomic E-state index is 0.0224. The van der Waals surface area contributed by atoms with E-state index in [9.17, 15) is 19.1 Å². The quantitative estimate of drug-likeness (QED) is 0.278. The first-order valence-electron chi connectivity index (χ1n) is 9.19. The summed E-state index contributed by atoms with van der Waals surface area (Å²) in [4.78, 5) is 34.3. The monoisotopic (exact) mass is 437 g/mol. The van der Waals surface area contributed by atoms with Crippen molar-refractivity contribution < 1.29 is 23.5 Å². The molecule has 1 amide bonds. The van der Waals surface area contributed by atoms with Gasteiger partial charge in [0.25, 0.3) is 5.78 Å². The minimum atomic E-state index is -1.08. The fourth-order valence-electron chi connectivity index (χ4n) is 3.64. The highest BCUT2D eigenvalue weighted by atomic mass is 35.5. The second-order valence-corrected chi connectivity index (χ2v) is 7.35. The third kappa shape index (κ3) is 3.08. The number of nitrogens with zero attached hydrogens (tertiary/aromatic N) is 2. The predicted octanol–water partition coefficient (Wildman–Crippen LogP) is 4.57. The minimum Gasteiger partial charge on any atom is -0.507 e. The average Bonchev–Trinajstić information content (AvgIpc) is 3.46. The number of furan rings is 1. The molecular weight excluding hydrogens is 425 g/mol. The van der Waals surface area contributed by atoms with E-state index >= 15 is 0 Å². The van der Waals surface area contributed by atoms with Crippen LogP contribution in [0.2, 0.25) is 5.02 Å². The van der Waals surface area contributed by atoms with Gasteiger partial charge in [-0.15, -0.1) is 0 Å². The number of ketones is 1. The zero-order valence-corrected chi connectivity index (χ0v) is 16.4. The molecule has 1 saturated heterocycles. The Hall–Kier alpha value is -3.91. The molecule has 9 heteroatoms. The molecule has 1 unspecified atom stereocenters. The highest BCUT2D eigenvalue weighted by Gasteiger charge is 2.49. The number of imidazole rings is 1. The fourth-order valence-corrected chi connectivity index (χ4v) is 3.83. The Morgan fingerprint density at radius 1 is 1.16 bits per heavy atom. The van der Waals surface area contributed by atoms with E-state index in [2.05, 4.69) is 9.97 Å². The number of aromatic nitrogens is 2. The second kappa shape index (κ2) is 7.10. The summed E-state index contributed by atoms with van der Waals surface area (Å²) in [6, 6.07) is 12.3. The summed E-state index contributed by atoms with van der Waals surface area (Å²) in [5, 5.41) is 11.3. The number of anilines is 1. The van der Waals surface area contributed by atoms with Crippen LogP contribution in [-0.2, 0) is 9.59 Å². The molecule has 7 nitrogen and oxygen atoms in total. The lowest BCUT2D eigenvalue weighted by Crippen LogP contribution is -2.30. The van der Waals surface area contributed by atoms with E-state index in [1.807, 2.05) is 0 Å². The number of hydrogen-bond donors (Lipinski definition) is 2. The number of amides is 1. The Morgan fingerprint density at radius 3 is 2.74 bits per heavy atom. The van der Waals surface area contributed by atoms with Gasteiger partial charge < -0.3 is 14.5 Å². The Balaban J connectivity index is 1.72. The van der Waals surface area contributed by atoms with Crippen LogP contribution in [-0.4, -0.2) is 26.8 Å². The molecule has 1 aliphatic heterocycles. The van der Waals surface area contributed by atoms with Crippen LogP contribution >= 0.6 is 11.6 Å². The van der Waals surface area contributed by atoms with Gasteiger partial charge >= 0.3 is 5.91 Å². The van der Waals surface area contributed by atoms with E-state index in [1.165, 1.54) is 30.5 Å². The van der Waals surface area contributed by atoms with Gasteiger partial charge in [0, 0.05) is 10.6 Å². The molecule has 2 N–H and O–H groups in total. The molecule has 3 heterocycles. The molecule has 0 bridgehead atoms. The molecule has 4 aromatic rings. The average molecular weight is 438 g/mol. The number of hydrogen-bond acceptors (Lipinski definition) is 5. The van der Waals surface area contributed by atoms with Crippen LogP contribution in [0.15, 0.2) is 70.9 Å². The van der Waals surface area contributed by atoms with Crippen molar-refractivity contribution in [2.75, 3.05) is 4.90 Å². The van der Waals surface area contributed by atoms with E-state index in [-0.39, 0.29) is 22.8 Å². The number of Topliss-reactive ketones (excluding diaryl/α,β-unsaturated/α-hetero) is 1. The number of aliphatic hydroxyl groups is 1. The van der Waals surface area contributed by atoms with Crippen LogP contribution in [0.25, 0.3) is 16.8 Å². The predicted molar refractivity (Wildman–Crippen MR) is 111 cm³/mol. The van der Waals surface area contributed by atoms with E-state index in [4.69, 9.17) is 16.0 Å². The number of aromatic amines is 1. The summed E-state index contributed by atoms with van der Waals surface area (Å²) < 4.78 is 19.1. The first kappa shape index (κ1) is 19.1. The third-order valence-electron chi connectivity index (χ3n) is 5.01. The molecule has 1 fully saturated rings. The van der Waals surface area contributed by atoms with Crippen molar-refractivity contribution in [1.82, 2.24) is 9.97 Å². The van der Waals surface area contributed by atoms with Gasteiger partial charge in [0.1, 0.15) is 23.4 Å². The van der Waals surface area contributed by atoms with Crippen LogP contribution in [0.4, 0.5) is 10.3 Å². The van der Waals surface area contributed by atoms with Gasteiger partial charge in [-0.1, -0.05) is 23.7 Å². The van der Waals surface area contributed by atoms with Gasteiger partial charge in [-0.3, -0.25) is 14.5 Å². The lowest BCUT2D eigenvalue weighted by Gasteiger charge is -2.20. The molecule has 31 heavy (non-hydrogen) atoms. The van der Waals surface area contributed by atoms with Crippen molar-refractivity contribution >= 4 is 46.0 Å². The summed E-state index contributed by atoms with van der Waals surface area (Å²) in [6.07, 6.45) is 1.39. The number of carbonyl (C=O) groups excluding carboxylic acids is 2. The number of nitrogens with one attached hydrogen (secondary N) is 1. The van der Waals surface area contributed by atoms with E-state index in [0.717, 1.165) is 4.90 Å². The summed E-state index contributed by atoms with van der Waals surface area (Å²) in [6.45, 7) is 0. The maximum Gasteiger partial charge on any atom is 0.302 e. The van der Waals surface area contributed by atoms with Crippen molar-refractivity contribution in [3.8, 4) is 0 Å². The number of H-pyrrole nitrogens is 1. The molecule has 1 atom stereocenters. The van der Waals surface area contributed by atoms with Crippen LogP contribution in [0, 0.1) is 5.82 Å². The summed E-state index contributed by atoms with van der Waals surface area (Å²) in [7, 11) is 0. The van der Waals surface area contributed by atoms with Crippen molar-refractivity contribution in [2.24, 2.45) is 0 Å². The smallest absolute Gasteiger partial charge is 0.302 e. The number of benzene rings is 2. The number of rotatable bonds is 3. The highest BCUT2D eigenvalue weighted by molar-refractivity contribution is 6.51. The van der Waals surface area contributed by atoms with Crippen molar-refractivity contribution in [3.63, 3.8) is 0 Å². The first-order chi connectivity index (χ1) is 14.9. The van der Waals surface area contributed by atoms with Crippen molar-refractivity contribution in [3.05, 3.63) is 88.6 Å². The van der Waals surface area contributed by atoms with Crippen molar-refractivity contribution in [2.45, 2.75) is 6.04 Å². The summed E-state index contributed by atoms with van der Waals surface area (Å²) in [5.74, 6) is -2.43. The van der Waals surface area contributed by atoms with Gasteiger partial charge in [-0.05, 0) is 42.5 Å². The van der Waals surface area contributed by atoms with Crippen LogP contribution in [0.1, 0.15) is 17.4 Å². The maximum atomic E-state index is 13.6.